The number of rotatable bonds is 0. The second-order valence-electron chi connectivity index (χ2n) is 7.46. The topological polar surface area (TPSA) is 32.3 Å². The van der Waals surface area contributed by atoms with Crippen molar-refractivity contribution in [1.82, 2.24) is 10.2 Å². The van der Waals surface area contributed by atoms with E-state index in [-0.39, 0.29) is 22.5 Å². The molecule has 100 valence electrons. The number of carbonyl (C=O) groups excluding carboxylic acids is 1. The first-order chi connectivity index (χ1) is 7.47. The van der Waals surface area contributed by atoms with Gasteiger partial charge in [0.2, 0.25) is 0 Å². The first-order valence-corrected chi connectivity index (χ1v) is 6.57. The minimum Gasteiger partial charge on any atom is -0.333 e. The third kappa shape index (κ3) is 2.93. The van der Waals surface area contributed by atoms with E-state index in [4.69, 9.17) is 0 Å². The summed E-state index contributed by atoms with van der Waals surface area (Å²) in [4.78, 5) is 14.4. The van der Waals surface area contributed by atoms with Crippen LogP contribution in [0.15, 0.2) is 0 Å². The van der Waals surface area contributed by atoms with Crippen molar-refractivity contribution in [2.75, 3.05) is 6.54 Å². The fourth-order valence-electron chi connectivity index (χ4n) is 2.46. The van der Waals surface area contributed by atoms with Crippen LogP contribution in [0.1, 0.15) is 61.3 Å². The Morgan fingerprint density at radius 3 is 2.12 bits per heavy atom. The number of urea groups is 1. The van der Waals surface area contributed by atoms with Crippen LogP contribution in [0.5, 0.6) is 0 Å². The van der Waals surface area contributed by atoms with E-state index in [0.717, 1.165) is 19.4 Å². The smallest absolute Gasteiger partial charge is 0.318 e. The monoisotopic (exact) mass is 240 g/mol. The Balaban J connectivity index is 2.87. The molecule has 1 N–H and O–H groups in total. The van der Waals surface area contributed by atoms with E-state index in [2.05, 4.69) is 33.0 Å². The Bertz CT molecular complexity index is 298. The molecule has 1 saturated heterocycles. The number of hydrogen-bond donors (Lipinski definition) is 1. The summed E-state index contributed by atoms with van der Waals surface area (Å²) < 4.78 is 0. The van der Waals surface area contributed by atoms with Gasteiger partial charge in [-0.25, -0.2) is 4.79 Å². The van der Waals surface area contributed by atoms with E-state index in [1.54, 1.807) is 0 Å². The van der Waals surface area contributed by atoms with Crippen LogP contribution in [0.4, 0.5) is 4.79 Å². The molecule has 0 spiro atoms. The van der Waals surface area contributed by atoms with Gasteiger partial charge in [0, 0.05) is 17.6 Å². The molecule has 1 fully saturated rings. The highest BCUT2D eigenvalue weighted by Crippen LogP contribution is 2.43. The van der Waals surface area contributed by atoms with Gasteiger partial charge >= 0.3 is 6.03 Å². The Kier molecular flexibility index (Phi) is 3.52. The fourth-order valence-corrected chi connectivity index (χ4v) is 2.46. The average molecular weight is 240 g/mol. The summed E-state index contributed by atoms with van der Waals surface area (Å²) in [5, 5.41) is 3.08. The summed E-state index contributed by atoms with van der Waals surface area (Å²) >= 11 is 0. The maximum Gasteiger partial charge on any atom is 0.318 e. The van der Waals surface area contributed by atoms with Crippen LogP contribution >= 0.6 is 0 Å². The molecule has 3 nitrogen and oxygen atoms in total. The van der Waals surface area contributed by atoms with E-state index in [9.17, 15) is 4.79 Å². The van der Waals surface area contributed by atoms with Gasteiger partial charge in [0.1, 0.15) is 0 Å². The first kappa shape index (κ1) is 14.3. The lowest BCUT2D eigenvalue weighted by Crippen LogP contribution is -2.58. The summed E-state index contributed by atoms with van der Waals surface area (Å²) in [6, 6.07) is 0.0763. The van der Waals surface area contributed by atoms with Crippen LogP contribution < -0.4 is 5.32 Å². The molecule has 2 amide bonds. The van der Waals surface area contributed by atoms with Crippen LogP contribution in [0.25, 0.3) is 0 Å². The van der Waals surface area contributed by atoms with Gasteiger partial charge in [-0.2, -0.15) is 0 Å². The number of likely N-dealkylation sites (tertiary alicyclic amines) is 1. The number of nitrogens with zero attached hydrogens (tertiary/aromatic N) is 1. The van der Waals surface area contributed by atoms with Crippen LogP contribution in [0.2, 0.25) is 0 Å². The quantitative estimate of drug-likeness (QED) is 0.691. The molecular formula is C14H28N2O. The van der Waals surface area contributed by atoms with Crippen molar-refractivity contribution >= 4 is 6.03 Å². The highest BCUT2D eigenvalue weighted by Gasteiger charge is 2.48. The van der Waals surface area contributed by atoms with Crippen LogP contribution in [-0.2, 0) is 0 Å². The van der Waals surface area contributed by atoms with Crippen molar-refractivity contribution in [3.63, 3.8) is 0 Å². The van der Waals surface area contributed by atoms with Gasteiger partial charge in [0.15, 0.2) is 0 Å². The molecule has 0 aromatic heterocycles. The average Bonchev–Trinajstić information content (AvgIpc) is 2.43. The highest BCUT2D eigenvalue weighted by molar-refractivity contribution is 5.76. The maximum absolute atomic E-state index is 12.3. The Morgan fingerprint density at radius 1 is 1.18 bits per heavy atom. The summed E-state index contributed by atoms with van der Waals surface area (Å²) in [5.41, 5.74) is -0.0977. The number of carbonyl (C=O) groups is 1. The van der Waals surface area contributed by atoms with E-state index < -0.39 is 0 Å². The van der Waals surface area contributed by atoms with E-state index >= 15 is 0 Å². The van der Waals surface area contributed by atoms with Crippen molar-refractivity contribution in [2.24, 2.45) is 5.41 Å². The Morgan fingerprint density at radius 2 is 1.71 bits per heavy atom. The molecular weight excluding hydrogens is 212 g/mol. The Hall–Kier alpha value is -0.730. The second kappa shape index (κ2) is 4.18. The molecule has 1 aliphatic heterocycles. The molecule has 1 heterocycles. The molecule has 0 aliphatic carbocycles. The summed E-state index contributed by atoms with van der Waals surface area (Å²) in [6.45, 7) is 15.8. The van der Waals surface area contributed by atoms with E-state index in [1.807, 2.05) is 25.7 Å². The second-order valence-corrected chi connectivity index (χ2v) is 7.46. The Labute approximate surface area is 106 Å². The van der Waals surface area contributed by atoms with Gasteiger partial charge < -0.3 is 10.2 Å². The van der Waals surface area contributed by atoms with Crippen molar-refractivity contribution in [3.8, 4) is 0 Å². The molecule has 0 aromatic rings. The summed E-state index contributed by atoms with van der Waals surface area (Å²) in [7, 11) is 0. The van der Waals surface area contributed by atoms with E-state index in [0.29, 0.717) is 0 Å². The predicted octanol–water partition coefficient (Wildman–Crippen LogP) is 3.40. The zero-order valence-corrected chi connectivity index (χ0v) is 12.5. The lowest BCUT2D eigenvalue weighted by atomic mass is 9.73. The predicted molar refractivity (Wildman–Crippen MR) is 72.1 cm³/mol. The normalized spacial score (nSPS) is 26.2. The van der Waals surface area contributed by atoms with Gasteiger partial charge in [-0.3, -0.25) is 0 Å². The number of nitrogens with one attached hydrogen (secondary N) is 1. The number of hydrogen-bond acceptors (Lipinski definition) is 1. The van der Waals surface area contributed by atoms with Crippen LogP contribution in [0.3, 0.4) is 0 Å². The summed E-state index contributed by atoms with van der Waals surface area (Å²) in [5.74, 6) is 0. The van der Waals surface area contributed by atoms with Crippen LogP contribution in [0, 0.1) is 5.41 Å². The molecule has 0 radical (unpaired) electrons. The molecule has 1 atom stereocenters. The molecule has 0 bridgehead atoms. The minimum atomic E-state index is -0.168. The van der Waals surface area contributed by atoms with Crippen molar-refractivity contribution in [1.29, 1.82) is 0 Å². The molecule has 0 unspecified atom stereocenters. The minimum absolute atomic E-state index is 0.0394. The molecule has 1 aliphatic rings. The van der Waals surface area contributed by atoms with Gasteiger partial charge in [0.05, 0.1) is 0 Å². The third-order valence-corrected chi connectivity index (χ3v) is 3.98. The van der Waals surface area contributed by atoms with Crippen molar-refractivity contribution in [3.05, 3.63) is 0 Å². The fraction of sp³-hybridized carbons (Fsp3) is 0.929. The molecule has 0 aromatic carbocycles. The first-order valence-electron chi connectivity index (χ1n) is 6.57. The SMILES string of the molecule is CC(C)(C)NC(=O)N1CCC[C@@]1(C)C(C)(C)C. The van der Waals surface area contributed by atoms with Gasteiger partial charge in [-0.1, -0.05) is 20.8 Å². The number of amides is 2. The third-order valence-electron chi connectivity index (χ3n) is 3.98. The molecule has 17 heavy (non-hydrogen) atoms. The zero-order valence-electron chi connectivity index (χ0n) is 12.5. The lowest BCUT2D eigenvalue weighted by molar-refractivity contribution is 0.0651. The van der Waals surface area contributed by atoms with Crippen molar-refractivity contribution < 1.29 is 4.79 Å². The molecule has 0 saturated carbocycles. The molecule has 1 rings (SSSR count). The van der Waals surface area contributed by atoms with Crippen LogP contribution in [-0.4, -0.2) is 28.6 Å². The maximum atomic E-state index is 12.3. The highest BCUT2D eigenvalue weighted by atomic mass is 16.2. The zero-order chi connectivity index (χ0) is 13.5. The standard InChI is InChI=1S/C14H28N2O/c1-12(2,3)14(7)9-8-10-16(14)11(17)15-13(4,5)6/h8-10H2,1-7H3,(H,15,17)/t14-/m0/s1. The van der Waals surface area contributed by atoms with Gasteiger partial charge in [-0.15, -0.1) is 0 Å². The van der Waals surface area contributed by atoms with Gasteiger partial charge in [0.25, 0.3) is 0 Å². The lowest BCUT2D eigenvalue weighted by Gasteiger charge is -2.46. The molecule has 3 heteroatoms. The van der Waals surface area contributed by atoms with Crippen molar-refractivity contribution in [2.45, 2.75) is 72.4 Å². The summed E-state index contributed by atoms with van der Waals surface area (Å²) in [6.07, 6.45) is 2.19. The van der Waals surface area contributed by atoms with Gasteiger partial charge in [-0.05, 0) is 46.0 Å². The van der Waals surface area contributed by atoms with E-state index in [1.165, 1.54) is 0 Å². The largest absolute Gasteiger partial charge is 0.333 e.